The Morgan fingerprint density at radius 2 is 1.36 bits per heavy atom. The van der Waals surface area contributed by atoms with Crippen LogP contribution in [-0.2, 0) is 22.0 Å². The van der Waals surface area contributed by atoms with Crippen LogP contribution >= 0.6 is 0 Å². The summed E-state index contributed by atoms with van der Waals surface area (Å²) in [5, 5.41) is 4.41. The normalized spacial score (nSPS) is 18.8. The predicted octanol–water partition coefficient (Wildman–Crippen LogP) is 5.61. The van der Waals surface area contributed by atoms with Crippen molar-refractivity contribution in [1.29, 1.82) is 0 Å². The number of carbonyl (C=O) groups is 1. The van der Waals surface area contributed by atoms with Crippen molar-refractivity contribution in [3.05, 3.63) is 45.9 Å². The zero-order valence-electron chi connectivity index (χ0n) is 19.7. The third-order valence-electron chi connectivity index (χ3n) is 5.36. The molecule has 1 aliphatic rings. The molecule has 0 bridgehead atoms. The van der Waals surface area contributed by atoms with Gasteiger partial charge >= 0.3 is 5.97 Å². The number of fused-ring (bicyclic) bond motifs is 1. The van der Waals surface area contributed by atoms with Crippen molar-refractivity contribution in [2.24, 2.45) is 18.0 Å². The largest absolute Gasteiger partial charge is 0.459 e. The molecule has 10 heteroatoms. The Kier molecular flexibility index (Phi) is 5.96. The van der Waals surface area contributed by atoms with Crippen molar-refractivity contribution >= 4 is 17.5 Å². The van der Waals surface area contributed by atoms with E-state index in [-0.39, 0.29) is 17.1 Å². The van der Waals surface area contributed by atoms with Gasteiger partial charge in [0.15, 0.2) is 29.1 Å². The number of aromatic nitrogens is 2. The lowest BCUT2D eigenvalue weighted by atomic mass is 9.73. The zero-order valence-corrected chi connectivity index (χ0v) is 19.7. The number of benzene rings is 1. The molecule has 5 nitrogen and oxygen atoms in total. The van der Waals surface area contributed by atoms with Gasteiger partial charge in [-0.1, -0.05) is 20.8 Å². The van der Waals surface area contributed by atoms with Crippen molar-refractivity contribution in [2.75, 3.05) is 0 Å². The predicted molar refractivity (Wildman–Crippen MR) is 112 cm³/mol. The maximum absolute atomic E-state index is 15.1. The smallest absolute Gasteiger partial charge is 0.316 e. The molecule has 2 unspecified atom stereocenters. The summed E-state index contributed by atoms with van der Waals surface area (Å²) < 4.78 is 79.3. The number of halogens is 5. The lowest BCUT2D eigenvalue weighted by molar-refractivity contribution is -0.157. The van der Waals surface area contributed by atoms with E-state index in [1.165, 1.54) is 11.6 Å². The van der Waals surface area contributed by atoms with Crippen molar-refractivity contribution in [1.82, 2.24) is 9.78 Å². The SMILES string of the molecule is CC1=Nc2c(c(C(C)(C)C)nn2C)C(c2c(F)c(F)c(F)c(F)c2F)C1C(=O)OC(C)(C)C. The second-order valence-electron chi connectivity index (χ2n) is 10.2. The van der Waals surface area contributed by atoms with Gasteiger partial charge in [-0.3, -0.25) is 9.48 Å². The van der Waals surface area contributed by atoms with Gasteiger partial charge in [0.05, 0.1) is 5.69 Å². The lowest BCUT2D eigenvalue weighted by Gasteiger charge is -2.34. The maximum Gasteiger partial charge on any atom is 0.316 e. The average molecular weight is 471 g/mol. The molecule has 0 saturated heterocycles. The molecular formula is C23H26F5N3O2. The van der Waals surface area contributed by atoms with Crippen molar-refractivity contribution in [3.63, 3.8) is 0 Å². The first-order valence-corrected chi connectivity index (χ1v) is 10.3. The first kappa shape index (κ1) is 24.9. The third-order valence-corrected chi connectivity index (χ3v) is 5.36. The van der Waals surface area contributed by atoms with E-state index in [4.69, 9.17) is 4.74 Å². The van der Waals surface area contributed by atoms with Crippen LogP contribution in [0.5, 0.6) is 0 Å². The quantitative estimate of drug-likeness (QED) is 0.248. The Hall–Kier alpha value is -2.78. The molecule has 0 radical (unpaired) electrons. The molecule has 2 aromatic rings. The minimum absolute atomic E-state index is 0.106. The molecule has 2 heterocycles. The van der Waals surface area contributed by atoms with Gasteiger partial charge in [-0.2, -0.15) is 5.10 Å². The number of rotatable bonds is 2. The first-order chi connectivity index (χ1) is 15.0. The van der Waals surface area contributed by atoms with E-state index in [2.05, 4.69) is 10.1 Å². The molecule has 180 valence electrons. The van der Waals surface area contributed by atoms with E-state index < -0.39 is 63.5 Å². The first-order valence-electron chi connectivity index (χ1n) is 10.3. The Labute approximate surface area is 188 Å². The van der Waals surface area contributed by atoms with Gasteiger partial charge in [-0.15, -0.1) is 0 Å². The van der Waals surface area contributed by atoms with Gasteiger partial charge in [-0.25, -0.2) is 26.9 Å². The van der Waals surface area contributed by atoms with E-state index in [0.29, 0.717) is 5.69 Å². The van der Waals surface area contributed by atoms with Crippen LogP contribution in [0.25, 0.3) is 0 Å². The van der Waals surface area contributed by atoms with E-state index >= 15 is 8.78 Å². The molecule has 33 heavy (non-hydrogen) atoms. The van der Waals surface area contributed by atoms with Crippen LogP contribution in [0.2, 0.25) is 0 Å². The molecule has 3 rings (SSSR count). The Bertz CT molecular complexity index is 1140. The van der Waals surface area contributed by atoms with E-state index in [1.54, 1.807) is 48.6 Å². The van der Waals surface area contributed by atoms with Gasteiger partial charge in [0.1, 0.15) is 11.5 Å². The number of esters is 1. The fraction of sp³-hybridized carbons (Fsp3) is 0.522. The Balaban J connectivity index is 2.45. The number of nitrogens with zero attached hydrogens (tertiary/aromatic N) is 3. The summed E-state index contributed by atoms with van der Waals surface area (Å²) in [4.78, 5) is 17.6. The highest BCUT2D eigenvalue weighted by atomic mass is 19.2. The minimum Gasteiger partial charge on any atom is -0.459 e. The molecular weight excluding hydrogens is 445 g/mol. The number of ether oxygens (including phenoxy) is 1. The monoisotopic (exact) mass is 471 g/mol. The highest BCUT2D eigenvalue weighted by molar-refractivity contribution is 6.05. The molecule has 1 aromatic carbocycles. The molecule has 1 aromatic heterocycles. The van der Waals surface area contributed by atoms with E-state index in [0.717, 1.165) is 0 Å². The van der Waals surface area contributed by atoms with E-state index in [9.17, 15) is 18.0 Å². The summed E-state index contributed by atoms with van der Waals surface area (Å²) in [7, 11) is 1.55. The second-order valence-corrected chi connectivity index (χ2v) is 10.2. The minimum atomic E-state index is -2.27. The third kappa shape index (κ3) is 4.15. The van der Waals surface area contributed by atoms with Crippen LogP contribution in [0.4, 0.5) is 27.8 Å². The fourth-order valence-corrected chi connectivity index (χ4v) is 4.03. The number of carbonyl (C=O) groups excluding carboxylic acids is 1. The number of hydrogen-bond acceptors (Lipinski definition) is 4. The molecule has 0 amide bonds. The Morgan fingerprint density at radius 1 is 0.879 bits per heavy atom. The van der Waals surface area contributed by atoms with Crippen LogP contribution in [0.3, 0.4) is 0 Å². The molecule has 0 N–H and O–H groups in total. The standard InChI is InChI=1S/C23H26F5N3O2/c1-9-10(21(32)33-23(5,6)7)11(12-14(24)16(26)18(28)17(27)15(12)25)13-19(22(2,3)4)30-31(8)20(13)29-9/h10-11H,1-8H3. The highest BCUT2D eigenvalue weighted by Crippen LogP contribution is 2.49. The average Bonchev–Trinajstić information content (AvgIpc) is 3.00. The van der Waals surface area contributed by atoms with Gasteiger partial charge in [-0.05, 0) is 27.7 Å². The number of hydrogen-bond donors (Lipinski definition) is 0. The van der Waals surface area contributed by atoms with Crippen LogP contribution in [0.1, 0.15) is 71.2 Å². The van der Waals surface area contributed by atoms with Crippen LogP contribution in [-0.4, -0.2) is 27.1 Å². The number of aliphatic imine (C=N–C) groups is 1. The van der Waals surface area contributed by atoms with Gasteiger partial charge < -0.3 is 4.74 Å². The van der Waals surface area contributed by atoms with Crippen molar-refractivity contribution < 1.29 is 31.5 Å². The van der Waals surface area contributed by atoms with E-state index in [1.807, 2.05) is 0 Å². The highest BCUT2D eigenvalue weighted by Gasteiger charge is 2.47. The van der Waals surface area contributed by atoms with Gasteiger partial charge in [0, 0.05) is 35.2 Å². The summed E-state index contributed by atoms with van der Waals surface area (Å²) in [6.07, 6.45) is 0. The Morgan fingerprint density at radius 3 is 1.82 bits per heavy atom. The number of aryl methyl sites for hydroxylation is 1. The zero-order chi connectivity index (χ0) is 25.2. The lowest BCUT2D eigenvalue weighted by Crippen LogP contribution is -2.38. The molecule has 2 atom stereocenters. The summed E-state index contributed by atoms with van der Waals surface area (Å²) in [6, 6.07) is 0. The van der Waals surface area contributed by atoms with Crippen molar-refractivity contribution in [3.8, 4) is 0 Å². The van der Waals surface area contributed by atoms with Gasteiger partial charge in [0.2, 0.25) is 5.82 Å². The van der Waals surface area contributed by atoms with Gasteiger partial charge in [0.25, 0.3) is 0 Å². The molecule has 0 fully saturated rings. The van der Waals surface area contributed by atoms with Crippen LogP contribution in [0, 0.1) is 35.0 Å². The van der Waals surface area contributed by atoms with Crippen LogP contribution < -0.4 is 0 Å². The van der Waals surface area contributed by atoms with Crippen LogP contribution in [0.15, 0.2) is 4.99 Å². The topological polar surface area (TPSA) is 56.5 Å². The van der Waals surface area contributed by atoms with Crippen molar-refractivity contribution in [2.45, 2.75) is 65.4 Å². The molecule has 0 spiro atoms. The second kappa shape index (κ2) is 7.92. The maximum atomic E-state index is 15.1. The molecule has 0 aliphatic carbocycles. The summed E-state index contributed by atoms with van der Waals surface area (Å²) in [6.45, 7) is 11.6. The summed E-state index contributed by atoms with van der Waals surface area (Å²) in [5.74, 6) is -14.2. The summed E-state index contributed by atoms with van der Waals surface area (Å²) >= 11 is 0. The summed E-state index contributed by atoms with van der Waals surface area (Å²) in [5.41, 5.74) is -2.24. The fourth-order valence-electron chi connectivity index (χ4n) is 4.03. The molecule has 0 saturated carbocycles. The molecule has 1 aliphatic heterocycles.